The molecule has 0 spiro atoms. The van der Waals surface area contributed by atoms with Gasteiger partial charge in [-0.15, -0.1) is 5.10 Å². The zero-order valence-corrected chi connectivity index (χ0v) is 18.1. The van der Waals surface area contributed by atoms with Crippen molar-refractivity contribution in [3.8, 4) is 11.3 Å². The van der Waals surface area contributed by atoms with E-state index in [0.717, 1.165) is 16.6 Å². The predicted octanol–water partition coefficient (Wildman–Crippen LogP) is 2.15. The van der Waals surface area contributed by atoms with E-state index in [0.29, 0.717) is 4.90 Å². The van der Waals surface area contributed by atoms with Crippen LogP contribution in [0, 0.1) is 11.6 Å². The second-order valence-electron chi connectivity index (χ2n) is 6.87. The number of thioether (sulfide) groups is 1. The van der Waals surface area contributed by atoms with Gasteiger partial charge in [0.15, 0.2) is 11.6 Å². The number of pyridine rings is 1. The quantitative estimate of drug-likeness (QED) is 0.474. The van der Waals surface area contributed by atoms with E-state index in [4.69, 9.17) is 4.74 Å². The van der Waals surface area contributed by atoms with Crippen LogP contribution in [-0.4, -0.2) is 65.7 Å². The number of hydrogen-bond acceptors (Lipinski definition) is 8. The molecule has 5 unspecified atom stereocenters. The molecule has 31 heavy (non-hydrogen) atoms. The number of hydrogen-bond donors (Lipinski definition) is 3. The van der Waals surface area contributed by atoms with E-state index in [1.807, 2.05) is 0 Å². The Hall–Kier alpha value is -1.96. The molecule has 0 amide bonds. The standard InChI is InChI=1S/C19H17BrF2N4O4S/c20-10-4-11(6-23-5-10)31-19-18(29)16(17(28)15(8-27)30-19)26-7-14(24-25-26)9-1-2-12(21)13(22)3-9/h1-7,15-19,27-29H,8H2. The summed E-state index contributed by atoms with van der Waals surface area (Å²) >= 11 is 4.50. The van der Waals surface area contributed by atoms with Crippen molar-refractivity contribution in [1.82, 2.24) is 20.0 Å². The van der Waals surface area contributed by atoms with Crippen molar-refractivity contribution < 1.29 is 28.8 Å². The molecule has 12 heteroatoms. The molecule has 4 rings (SSSR count). The number of rotatable bonds is 5. The van der Waals surface area contributed by atoms with Crippen molar-refractivity contribution >= 4 is 27.7 Å². The average Bonchev–Trinajstić information content (AvgIpc) is 3.22. The largest absolute Gasteiger partial charge is 0.394 e. The van der Waals surface area contributed by atoms with Crippen LogP contribution in [-0.2, 0) is 4.74 Å². The first-order chi connectivity index (χ1) is 14.9. The van der Waals surface area contributed by atoms with Gasteiger partial charge in [-0.1, -0.05) is 17.0 Å². The third kappa shape index (κ3) is 4.64. The van der Waals surface area contributed by atoms with Crippen molar-refractivity contribution in [3.05, 3.63) is 59.0 Å². The monoisotopic (exact) mass is 514 g/mol. The van der Waals surface area contributed by atoms with E-state index in [-0.39, 0.29) is 11.3 Å². The van der Waals surface area contributed by atoms with E-state index < -0.39 is 48.0 Å². The van der Waals surface area contributed by atoms with Gasteiger partial charge in [0.05, 0.1) is 12.8 Å². The molecule has 1 saturated heterocycles. The van der Waals surface area contributed by atoms with Gasteiger partial charge in [0.25, 0.3) is 0 Å². The van der Waals surface area contributed by atoms with E-state index >= 15 is 0 Å². The van der Waals surface area contributed by atoms with E-state index in [9.17, 15) is 24.1 Å². The lowest BCUT2D eigenvalue weighted by Gasteiger charge is -2.41. The van der Waals surface area contributed by atoms with Gasteiger partial charge in [0.2, 0.25) is 0 Å². The molecule has 1 aliphatic heterocycles. The third-order valence-corrected chi connectivity index (χ3v) is 6.36. The molecular formula is C19H17BrF2N4O4S. The number of halogens is 3. The fraction of sp³-hybridized carbons (Fsp3) is 0.316. The summed E-state index contributed by atoms with van der Waals surface area (Å²) in [6, 6.07) is 4.09. The van der Waals surface area contributed by atoms with Crippen LogP contribution in [0.5, 0.6) is 0 Å². The number of nitrogens with zero attached hydrogens (tertiary/aromatic N) is 4. The van der Waals surface area contributed by atoms with Crippen LogP contribution in [0.4, 0.5) is 8.78 Å². The highest BCUT2D eigenvalue weighted by atomic mass is 79.9. The average molecular weight is 515 g/mol. The summed E-state index contributed by atoms with van der Waals surface area (Å²) in [5.74, 6) is -2.02. The van der Waals surface area contributed by atoms with Gasteiger partial charge in [0, 0.05) is 27.3 Å². The summed E-state index contributed by atoms with van der Waals surface area (Å²) in [4.78, 5) is 4.77. The maximum absolute atomic E-state index is 13.6. The Morgan fingerprint density at radius 3 is 2.65 bits per heavy atom. The first-order valence-corrected chi connectivity index (χ1v) is 10.8. The molecular weight excluding hydrogens is 498 g/mol. The molecule has 0 radical (unpaired) electrons. The van der Waals surface area contributed by atoms with Gasteiger partial charge in [0.1, 0.15) is 35.5 Å². The predicted molar refractivity (Wildman–Crippen MR) is 110 cm³/mol. The topological polar surface area (TPSA) is 114 Å². The van der Waals surface area contributed by atoms with Crippen LogP contribution < -0.4 is 0 Å². The molecule has 1 fully saturated rings. The van der Waals surface area contributed by atoms with E-state index in [2.05, 4.69) is 31.2 Å². The Morgan fingerprint density at radius 1 is 1.13 bits per heavy atom. The Kier molecular flexibility index (Phi) is 6.65. The molecule has 1 aliphatic rings. The lowest BCUT2D eigenvalue weighted by atomic mass is 9.97. The fourth-order valence-electron chi connectivity index (χ4n) is 3.28. The third-order valence-electron chi connectivity index (χ3n) is 4.81. The fourth-order valence-corrected chi connectivity index (χ4v) is 4.88. The maximum atomic E-state index is 13.6. The number of aromatic nitrogens is 4. The van der Waals surface area contributed by atoms with Gasteiger partial charge < -0.3 is 20.1 Å². The van der Waals surface area contributed by atoms with Gasteiger partial charge in [-0.3, -0.25) is 4.98 Å². The van der Waals surface area contributed by atoms with Crippen molar-refractivity contribution in [2.45, 2.75) is 34.7 Å². The normalized spacial score (nSPS) is 26.2. The minimum absolute atomic E-state index is 0.228. The first-order valence-electron chi connectivity index (χ1n) is 9.14. The highest BCUT2D eigenvalue weighted by Crippen LogP contribution is 2.38. The number of ether oxygens (including phenoxy) is 1. The molecule has 2 aromatic heterocycles. The SMILES string of the molecule is OCC1OC(Sc2cncc(Br)c2)C(O)C(n2cc(-c3ccc(F)c(F)c3)nn2)C1O. The Bertz CT molecular complexity index is 1070. The van der Waals surface area contributed by atoms with Crippen molar-refractivity contribution in [2.24, 2.45) is 0 Å². The smallest absolute Gasteiger partial charge is 0.159 e. The van der Waals surface area contributed by atoms with Gasteiger partial charge in [-0.05, 0) is 40.2 Å². The summed E-state index contributed by atoms with van der Waals surface area (Å²) in [5.41, 5.74) is -0.339. The molecule has 0 bridgehead atoms. The van der Waals surface area contributed by atoms with Crippen LogP contribution in [0.2, 0.25) is 0 Å². The Balaban J connectivity index is 1.62. The summed E-state index contributed by atoms with van der Waals surface area (Å²) in [6.45, 7) is -0.483. The van der Waals surface area contributed by atoms with E-state index in [1.54, 1.807) is 18.5 Å². The van der Waals surface area contributed by atoms with Crippen molar-refractivity contribution in [1.29, 1.82) is 0 Å². The number of benzene rings is 1. The zero-order valence-electron chi connectivity index (χ0n) is 15.7. The van der Waals surface area contributed by atoms with Gasteiger partial charge in [-0.2, -0.15) is 0 Å². The molecule has 1 aromatic carbocycles. The molecule has 5 atom stereocenters. The molecule has 3 N–H and O–H groups in total. The van der Waals surface area contributed by atoms with Gasteiger partial charge in [-0.25, -0.2) is 13.5 Å². The summed E-state index contributed by atoms with van der Waals surface area (Å²) in [7, 11) is 0. The molecule has 0 aliphatic carbocycles. The Morgan fingerprint density at radius 2 is 1.94 bits per heavy atom. The minimum Gasteiger partial charge on any atom is -0.394 e. The summed E-state index contributed by atoms with van der Waals surface area (Å²) < 4.78 is 34.5. The Labute approximate surface area is 188 Å². The van der Waals surface area contributed by atoms with Crippen LogP contribution in [0.15, 0.2) is 52.2 Å². The second-order valence-corrected chi connectivity index (χ2v) is 8.95. The molecule has 3 heterocycles. The van der Waals surface area contributed by atoms with Crippen molar-refractivity contribution in [3.63, 3.8) is 0 Å². The van der Waals surface area contributed by atoms with Crippen molar-refractivity contribution in [2.75, 3.05) is 6.61 Å². The number of aliphatic hydroxyl groups is 3. The van der Waals surface area contributed by atoms with Crippen LogP contribution >= 0.6 is 27.7 Å². The van der Waals surface area contributed by atoms with Crippen LogP contribution in [0.1, 0.15) is 6.04 Å². The first kappa shape index (κ1) is 22.2. The van der Waals surface area contributed by atoms with Crippen LogP contribution in [0.25, 0.3) is 11.3 Å². The highest BCUT2D eigenvalue weighted by Gasteiger charge is 2.46. The lowest BCUT2D eigenvalue weighted by Crippen LogP contribution is -2.55. The molecule has 8 nitrogen and oxygen atoms in total. The van der Waals surface area contributed by atoms with E-state index in [1.165, 1.54) is 28.7 Å². The molecule has 3 aromatic rings. The lowest BCUT2D eigenvalue weighted by molar-refractivity contribution is -0.178. The summed E-state index contributed by atoms with van der Waals surface area (Å²) in [5, 5.41) is 39.2. The zero-order chi connectivity index (χ0) is 22.1. The highest BCUT2D eigenvalue weighted by molar-refractivity contribution is 9.10. The minimum atomic E-state index is -1.29. The summed E-state index contributed by atoms with van der Waals surface area (Å²) in [6.07, 6.45) is 1.10. The number of aliphatic hydroxyl groups excluding tert-OH is 3. The maximum Gasteiger partial charge on any atom is 0.159 e. The molecule has 164 valence electrons. The van der Waals surface area contributed by atoms with Crippen LogP contribution in [0.3, 0.4) is 0 Å². The second kappa shape index (κ2) is 9.27. The molecule has 0 saturated carbocycles. The van der Waals surface area contributed by atoms with Gasteiger partial charge >= 0.3 is 0 Å².